The van der Waals surface area contributed by atoms with E-state index < -0.39 is 10.0 Å². The fraction of sp³-hybridized carbons (Fsp3) is 0.278. The van der Waals surface area contributed by atoms with Crippen molar-refractivity contribution in [2.24, 2.45) is 0 Å². The average molecular weight is 376 g/mol. The number of ether oxygens (including phenoxy) is 2. The third-order valence-corrected chi connectivity index (χ3v) is 5.72. The second kappa shape index (κ2) is 6.87. The zero-order valence-electron chi connectivity index (χ0n) is 14.8. The number of sulfonamides is 1. The number of benzene rings is 2. The van der Waals surface area contributed by atoms with Crippen LogP contribution in [-0.4, -0.2) is 35.6 Å². The van der Waals surface area contributed by atoms with Crippen LogP contribution in [0.25, 0.3) is 0 Å². The molecule has 0 saturated heterocycles. The Labute approximate surface area is 152 Å². The van der Waals surface area contributed by atoms with Gasteiger partial charge in [-0.05, 0) is 42.3 Å². The number of amides is 1. The molecule has 0 fully saturated rings. The number of hydrogen-bond acceptors (Lipinski definition) is 5. The Balaban J connectivity index is 1.91. The normalized spacial score (nSPS) is 14.0. The molecule has 3 rings (SSSR count). The summed E-state index contributed by atoms with van der Waals surface area (Å²) in [7, 11) is 0.913. The molecule has 0 unspecified atom stereocenters. The lowest BCUT2D eigenvalue weighted by Gasteiger charge is -2.26. The van der Waals surface area contributed by atoms with Gasteiger partial charge in [0, 0.05) is 25.2 Å². The van der Waals surface area contributed by atoms with E-state index in [1.165, 1.54) is 20.3 Å². The summed E-state index contributed by atoms with van der Waals surface area (Å²) in [5.74, 6) is 0.965. The fourth-order valence-electron chi connectivity index (χ4n) is 2.91. The van der Waals surface area contributed by atoms with Crippen LogP contribution in [0.4, 0.5) is 11.4 Å². The Kier molecular flexibility index (Phi) is 4.78. The quantitative estimate of drug-likeness (QED) is 0.866. The Morgan fingerprint density at radius 1 is 1.00 bits per heavy atom. The van der Waals surface area contributed by atoms with E-state index in [4.69, 9.17) is 9.47 Å². The second-order valence-electron chi connectivity index (χ2n) is 5.92. The number of anilines is 2. The maximum atomic E-state index is 12.7. The Hall–Kier alpha value is -2.74. The molecule has 0 radical (unpaired) electrons. The van der Waals surface area contributed by atoms with Gasteiger partial charge < -0.3 is 14.4 Å². The molecule has 2 aromatic rings. The number of fused-ring (bicyclic) bond motifs is 1. The molecule has 1 aliphatic heterocycles. The molecule has 26 heavy (non-hydrogen) atoms. The predicted molar refractivity (Wildman–Crippen MR) is 98.5 cm³/mol. The van der Waals surface area contributed by atoms with Gasteiger partial charge in [0.15, 0.2) is 11.5 Å². The van der Waals surface area contributed by atoms with E-state index in [0.717, 1.165) is 11.3 Å². The van der Waals surface area contributed by atoms with Crippen LogP contribution < -0.4 is 19.1 Å². The summed E-state index contributed by atoms with van der Waals surface area (Å²) in [4.78, 5) is 13.5. The van der Waals surface area contributed by atoms with Gasteiger partial charge in [0.1, 0.15) is 0 Å². The highest BCUT2D eigenvalue weighted by Crippen LogP contribution is 2.32. The average Bonchev–Trinajstić information content (AvgIpc) is 2.64. The van der Waals surface area contributed by atoms with E-state index >= 15 is 0 Å². The zero-order chi connectivity index (χ0) is 18.9. The first-order valence-corrected chi connectivity index (χ1v) is 9.48. The molecule has 138 valence electrons. The molecule has 0 bridgehead atoms. The Bertz CT molecular complexity index is 956. The lowest BCUT2D eigenvalue weighted by atomic mass is 10.0. The number of aryl methyl sites for hydroxylation is 1. The molecular weight excluding hydrogens is 356 g/mol. The summed E-state index contributed by atoms with van der Waals surface area (Å²) >= 11 is 0. The summed E-state index contributed by atoms with van der Waals surface area (Å²) in [6.07, 6.45) is 0.897. The van der Waals surface area contributed by atoms with Gasteiger partial charge in [-0.1, -0.05) is 0 Å². The van der Waals surface area contributed by atoms with E-state index in [1.54, 1.807) is 42.3 Å². The number of carbonyl (C=O) groups excluding carboxylic acids is 1. The molecule has 0 spiro atoms. The number of methoxy groups -OCH3 is 2. The van der Waals surface area contributed by atoms with E-state index in [0.29, 0.717) is 30.0 Å². The smallest absolute Gasteiger partial charge is 0.261 e. The Morgan fingerprint density at radius 2 is 1.73 bits per heavy atom. The van der Waals surface area contributed by atoms with Crippen molar-refractivity contribution in [2.45, 2.75) is 17.7 Å². The van der Waals surface area contributed by atoms with Crippen molar-refractivity contribution in [3.05, 3.63) is 42.0 Å². The third-order valence-electron chi connectivity index (χ3n) is 4.34. The lowest BCUT2D eigenvalue weighted by Crippen LogP contribution is -2.31. The molecule has 0 aromatic heterocycles. The summed E-state index contributed by atoms with van der Waals surface area (Å²) in [5, 5.41) is 0. The van der Waals surface area contributed by atoms with Gasteiger partial charge in [0.05, 0.1) is 24.8 Å². The van der Waals surface area contributed by atoms with Gasteiger partial charge in [-0.3, -0.25) is 9.52 Å². The van der Waals surface area contributed by atoms with E-state index in [9.17, 15) is 13.2 Å². The monoisotopic (exact) mass is 376 g/mol. The summed E-state index contributed by atoms with van der Waals surface area (Å²) in [6, 6.07) is 9.56. The van der Waals surface area contributed by atoms with Crippen LogP contribution in [0, 0.1) is 0 Å². The minimum Gasteiger partial charge on any atom is -0.493 e. The fourth-order valence-corrected chi connectivity index (χ4v) is 4.01. The molecule has 1 heterocycles. The third kappa shape index (κ3) is 3.32. The van der Waals surface area contributed by atoms with Crippen molar-refractivity contribution in [2.75, 3.05) is 30.9 Å². The van der Waals surface area contributed by atoms with Crippen molar-refractivity contribution >= 4 is 27.3 Å². The molecule has 0 saturated carbocycles. The van der Waals surface area contributed by atoms with E-state index in [2.05, 4.69) is 4.72 Å². The first-order chi connectivity index (χ1) is 12.4. The SMILES string of the molecule is COc1ccc(NS(=O)(=O)c2ccc3c(c2)CCC(=O)N3C)cc1OC. The van der Waals surface area contributed by atoms with Gasteiger partial charge in [-0.2, -0.15) is 0 Å². The van der Waals surface area contributed by atoms with Gasteiger partial charge >= 0.3 is 0 Å². The van der Waals surface area contributed by atoms with Crippen LogP contribution >= 0.6 is 0 Å². The highest BCUT2D eigenvalue weighted by molar-refractivity contribution is 7.92. The number of rotatable bonds is 5. The summed E-state index contributed by atoms with van der Waals surface area (Å²) in [5.41, 5.74) is 1.95. The van der Waals surface area contributed by atoms with Gasteiger partial charge in [0.25, 0.3) is 10.0 Å². The number of nitrogens with one attached hydrogen (secondary N) is 1. The van der Waals surface area contributed by atoms with Crippen LogP contribution in [0.5, 0.6) is 11.5 Å². The maximum Gasteiger partial charge on any atom is 0.261 e. The maximum absolute atomic E-state index is 12.7. The van der Waals surface area contributed by atoms with Crippen molar-refractivity contribution in [1.29, 1.82) is 0 Å². The molecule has 7 nitrogen and oxygen atoms in total. The topological polar surface area (TPSA) is 84.9 Å². The number of hydrogen-bond donors (Lipinski definition) is 1. The molecule has 0 aliphatic carbocycles. The van der Waals surface area contributed by atoms with E-state index in [-0.39, 0.29) is 10.8 Å². The molecule has 8 heteroatoms. The van der Waals surface area contributed by atoms with E-state index in [1.807, 2.05) is 0 Å². The van der Waals surface area contributed by atoms with Crippen LogP contribution in [-0.2, 0) is 21.2 Å². The first-order valence-electron chi connectivity index (χ1n) is 8.00. The number of nitrogens with zero attached hydrogens (tertiary/aromatic N) is 1. The number of carbonyl (C=O) groups is 1. The lowest BCUT2D eigenvalue weighted by molar-refractivity contribution is -0.118. The van der Waals surface area contributed by atoms with Crippen LogP contribution in [0.15, 0.2) is 41.3 Å². The van der Waals surface area contributed by atoms with Crippen LogP contribution in [0.2, 0.25) is 0 Å². The Morgan fingerprint density at radius 3 is 2.42 bits per heavy atom. The standard InChI is InChI=1S/C18H20N2O5S/c1-20-15-7-6-14(10-12(15)4-9-18(20)21)26(22,23)19-13-5-8-16(24-2)17(11-13)25-3/h5-8,10-11,19H,4,9H2,1-3H3. The minimum absolute atomic E-state index is 0.0246. The summed E-state index contributed by atoms with van der Waals surface area (Å²) in [6.45, 7) is 0. The van der Waals surface area contributed by atoms with Gasteiger partial charge in [-0.25, -0.2) is 8.42 Å². The molecular formula is C18H20N2O5S. The second-order valence-corrected chi connectivity index (χ2v) is 7.60. The molecule has 2 aromatic carbocycles. The van der Waals surface area contributed by atoms with Crippen LogP contribution in [0.1, 0.15) is 12.0 Å². The predicted octanol–water partition coefficient (Wildman–Crippen LogP) is 2.41. The molecule has 1 amide bonds. The molecule has 0 atom stereocenters. The largest absolute Gasteiger partial charge is 0.493 e. The highest BCUT2D eigenvalue weighted by atomic mass is 32.2. The minimum atomic E-state index is -3.77. The first kappa shape index (κ1) is 18.1. The van der Waals surface area contributed by atoms with Gasteiger partial charge in [-0.15, -0.1) is 0 Å². The summed E-state index contributed by atoms with van der Waals surface area (Å²) < 4.78 is 38.3. The highest BCUT2D eigenvalue weighted by Gasteiger charge is 2.23. The van der Waals surface area contributed by atoms with Crippen molar-refractivity contribution in [1.82, 2.24) is 0 Å². The zero-order valence-corrected chi connectivity index (χ0v) is 15.6. The van der Waals surface area contributed by atoms with Crippen LogP contribution in [0.3, 0.4) is 0 Å². The van der Waals surface area contributed by atoms with Gasteiger partial charge in [0.2, 0.25) is 5.91 Å². The van der Waals surface area contributed by atoms with Crippen molar-refractivity contribution in [3.8, 4) is 11.5 Å². The van der Waals surface area contributed by atoms with Crippen molar-refractivity contribution in [3.63, 3.8) is 0 Å². The molecule has 1 aliphatic rings. The molecule has 1 N–H and O–H groups in total. The van der Waals surface area contributed by atoms with Crippen molar-refractivity contribution < 1.29 is 22.7 Å².